The van der Waals surface area contributed by atoms with Gasteiger partial charge in [0.05, 0.1) is 13.2 Å². The van der Waals surface area contributed by atoms with Crippen LogP contribution in [0, 0.1) is 5.92 Å². The van der Waals surface area contributed by atoms with E-state index in [9.17, 15) is 0 Å². The summed E-state index contributed by atoms with van der Waals surface area (Å²) in [5, 5.41) is 0. The van der Waals surface area contributed by atoms with Gasteiger partial charge in [-0.1, -0.05) is 41.0 Å². The minimum atomic E-state index is 0.801. The first kappa shape index (κ1) is 21.2. The monoisotopic (exact) mass is 274 g/mol. The van der Waals surface area contributed by atoms with Gasteiger partial charge in [-0.2, -0.15) is 0 Å². The van der Waals surface area contributed by atoms with Crippen LogP contribution in [0.5, 0.6) is 0 Å². The summed E-state index contributed by atoms with van der Waals surface area (Å²) in [5.41, 5.74) is 0. The molecule has 0 bridgehead atoms. The molecule has 1 aliphatic rings. The third-order valence-electron chi connectivity index (χ3n) is 2.66. The first-order chi connectivity index (χ1) is 9.06. The smallest absolute Gasteiger partial charge is 0.0594 e. The van der Waals surface area contributed by atoms with E-state index < -0.39 is 0 Å². The van der Waals surface area contributed by atoms with Crippen LogP contribution in [0.25, 0.3) is 0 Å². The Morgan fingerprint density at radius 1 is 1.11 bits per heavy atom. The Kier molecular flexibility index (Phi) is 17.8. The van der Waals surface area contributed by atoms with Gasteiger partial charge in [-0.3, -0.25) is 4.90 Å². The first-order valence-corrected chi connectivity index (χ1v) is 8.01. The van der Waals surface area contributed by atoms with Crippen molar-refractivity contribution in [3.63, 3.8) is 0 Å². The lowest BCUT2D eigenvalue weighted by atomic mass is 10.2. The second-order valence-corrected chi connectivity index (χ2v) is 5.46. The number of hydrogen-bond donors (Lipinski definition) is 0. The SMILES string of the molecule is CC.CC(C)CN(C)C.CCCCN1CCOCC1. The molecule has 0 aromatic heterocycles. The molecule has 0 radical (unpaired) electrons. The van der Waals surface area contributed by atoms with E-state index in [1.54, 1.807) is 0 Å². The summed E-state index contributed by atoms with van der Waals surface area (Å²) in [6.07, 6.45) is 2.64. The van der Waals surface area contributed by atoms with Crippen molar-refractivity contribution in [1.82, 2.24) is 9.80 Å². The summed E-state index contributed by atoms with van der Waals surface area (Å²) in [7, 11) is 4.19. The van der Waals surface area contributed by atoms with Crippen LogP contribution in [0.4, 0.5) is 0 Å². The highest BCUT2D eigenvalue weighted by Gasteiger charge is 2.07. The van der Waals surface area contributed by atoms with E-state index in [2.05, 4.69) is 44.7 Å². The Hall–Kier alpha value is -0.120. The lowest BCUT2D eigenvalue weighted by molar-refractivity contribution is 0.0373. The van der Waals surface area contributed by atoms with Gasteiger partial charge in [0.15, 0.2) is 0 Å². The highest BCUT2D eigenvalue weighted by atomic mass is 16.5. The Morgan fingerprint density at radius 2 is 1.63 bits per heavy atom. The van der Waals surface area contributed by atoms with Gasteiger partial charge >= 0.3 is 0 Å². The van der Waals surface area contributed by atoms with Gasteiger partial charge in [0, 0.05) is 13.1 Å². The molecule has 1 aliphatic heterocycles. The standard InChI is InChI=1S/C8H17NO.C6H15N.C2H6/c1-2-3-4-9-5-7-10-8-6-9;1-6(2)5-7(3)4;1-2/h2-8H2,1H3;6H,5H2,1-4H3;1-2H3. The molecule has 0 N–H and O–H groups in total. The lowest BCUT2D eigenvalue weighted by Gasteiger charge is -2.26. The summed E-state index contributed by atoms with van der Waals surface area (Å²) in [6.45, 7) is 17.3. The molecule has 0 atom stereocenters. The fourth-order valence-corrected chi connectivity index (χ4v) is 1.94. The van der Waals surface area contributed by atoms with Crippen molar-refractivity contribution in [2.24, 2.45) is 5.92 Å². The zero-order valence-electron chi connectivity index (χ0n) is 14.5. The van der Waals surface area contributed by atoms with Crippen LogP contribution in [0.1, 0.15) is 47.5 Å². The minimum Gasteiger partial charge on any atom is -0.379 e. The Balaban J connectivity index is 0. The molecule has 0 saturated carbocycles. The molecule has 0 aliphatic carbocycles. The maximum Gasteiger partial charge on any atom is 0.0594 e. The predicted molar refractivity (Wildman–Crippen MR) is 86.9 cm³/mol. The maximum absolute atomic E-state index is 5.24. The molecule has 1 fully saturated rings. The zero-order valence-corrected chi connectivity index (χ0v) is 14.5. The van der Waals surface area contributed by atoms with Gasteiger partial charge in [0.25, 0.3) is 0 Å². The average Bonchev–Trinajstić information content (AvgIpc) is 2.39. The van der Waals surface area contributed by atoms with Crippen molar-refractivity contribution in [1.29, 1.82) is 0 Å². The van der Waals surface area contributed by atoms with E-state index in [0.717, 1.165) is 32.2 Å². The van der Waals surface area contributed by atoms with E-state index in [-0.39, 0.29) is 0 Å². The van der Waals surface area contributed by atoms with Crippen LogP contribution in [0.2, 0.25) is 0 Å². The van der Waals surface area contributed by atoms with E-state index >= 15 is 0 Å². The van der Waals surface area contributed by atoms with E-state index in [4.69, 9.17) is 4.74 Å². The third kappa shape index (κ3) is 17.9. The minimum absolute atomic E-state index is 0.801. The summed E-state index contributed by atoms with van der Waals surface area (Å²) < 4.78 is 5.24. The van der Waals surface area contributed by atoms with Crippen LogP contribution in [0.3, 0.4) is 0 Å². The molecule has 0 amide bonds. The van der Waals surface area contributed by atoms with Crippen molar-refractivity contribution in [3.8, 4) is 0 Å². The number of ether oxygens (including phenoxy) is 1. The lowest BCUT2D eigenvalue weighted by Crippen LogP contribution is -2.36. The van der Waals surface area contributed by atoms with Crippen LogP contribution >= 0.6 is 0 Å². The van der Waals surface area contributed by atoms with Crippen molar-refractivity contribution in [2.45, 2.75) is 47.5 Å². The van der Waals surface area contributed by atoms with Crippen LogP contribution in [-0.2, 0) is 4.74 Å². The maximum atomic E-state index is 5.24. The predicted octanol–water partition coefficient (Wildman–Crippen LogP) is 3.35. The molecule has 0 spiro atoms. The summed E-state index contributed by atoms with van der Waals surface area (Å²) >= 11 is 0. The van der Waals surface area contributed by atoms with Gasteiger partial charge in [-0.05, 0) is 39.5 Å². The topological polar surface area (TPSA) is 15.7 Å². The molecule has 1 saturated heterocycles. The molecule has 0 aromatic rings. The van der Waals surface area contributed by atoms with Gasteiger partial charge in [-0.15, -0.1) is 0 Å². The fourth-order valence-electron chi connectivity index (χ4n) is 1.94. The summed E-state index contributed by atoms with van der Waals surface area (Å²) in [6, 6.07) is 0. The Bertz CT molecular complexity index is 149. The summed E-state index contributed by atoms with van der Waals surface area (Å²) in [4.78, 5) is 4.68. The van der Waals surface area contributed by atoms with Gasteiger partial charge < -0.3 is 9.64 Å². The zero-order chi connectivity index (χ0) is 15.1. The van der Waals surface area contributed by atoms with Crippen molar-refractivity contribution < 1.29 is 4.74 Å². The molecular weight excluding hydrogens is 236 g/mol. The van der Waals surface area contributed by atoms with E-state index in [1.807, 2.05) is 13.8 Å². The van der Waals surface area contributed by atoms with E-state index in [1.165, 1.54) is 25.9 Å². The average molecular weight is 274 g/mol. The first-order valence-electron chi connectivity index (χ1n) is 8.01. The molecule has 1 heterocycles. The van der Waals surface area contributed by atoms with Crippen molar-refractivity contribution in [2.75, 3.05) is 53.5 Å². The normalized spacial score (nSPS) is 15.6. The van der Waals surface area contributed by atoms with Crippen molar-refractivity contribution in [3.05, 3.63) is 0 Å². The van der Waals surface area contributed by atoms with Gasteiger partial charge in [0.1, 0.15) is 0 Å². The number of unbranched alkanes of at least 4 members (excludes halogenated alkanes) is 1. The van der Waals surface area contributed by atoms with Gasteiger partial charge in [0.2, 0.25) is 0 Å². The Morgan fingerprint density at radius 3 is 1.95 bits per heavy atom. The van der Waals surface area contributed by atoms with Crippen molar-refractivity contribution >= 4 is 0 Å². The molecule has 3 nitrogen and oxygen atoms in total. The second kappa shape index (κ2) is 15.9. The summed E-state index contributed by atoms with van der Waals surface area (Å²) in [5.74, 6) is 0.801. The molecule has 118 valence electrons. The van der Waals surface area contributed by atoms with Crippen LogP contribution < -0.4 is 0 Å². The number of morpholine rings is 1. The van der Waals surface area contributed by atoms with Crippen LogP contribution in [-0.4, -0.2) is 63.3 Å². The van der Waals surface area contributed by atoms with Gasteiger partial charge in [-0.25, -0.2) is 0 Å². The third-order valence-corrected chi connectivity index (χ3v) is 2.66. The molecule has 1 rings (SSSR count). The highest BCUT2D eigenvalue weighted by Crippen LogP contribution is 1.98. The van der Waals surface area contributed by atoms with E-state index in [0.29, 0.717) is 0 Å². The number of rotatable bonds is 5. The van der Waals surface area contributed by atoms with Crippen LogP contribution in [0.15, 0.2) is 0 Å². The molecule has 3 heteroatoms. The fraction of sp³-hybridized carbons (Fsp3) is 1.00. The quantitative estimate of drug-likeness (QED) is 0.764. The molecule has 0 unspecified atom stereocenters. The number of hydrogen-bond acceptors (Lipinski definition) is 3. The molecular formula is C16H38N2O. The second-order valence-electron chi connectivity index (χ2n) is 5.46. The Labute approximate surface area is 122 Å². The highest BCUT2D eigenvalue weighted by molar-refractivity contribution is 4.60. The number of nitrogens with zero attached hydrogens (tertiary/aromatic N) is 2. The molecule has 0 aromatic carbocycles. The largest absolute Gasteiger partial charge is 0.379 e. The molecule has 19 heavy (non-hydrogen) atoms.